The molecule has 4 rings (SSSR count). The summed E-state index contributed by atoms with van der Waals surface area (Å²) < 4.78 is 74.4. The molecule has 0 unspecified atom stereocenters. The first-order valence-corrected chi connectivity index (χ1v) is 11.6. The molecule has 1 aliphatic heterocycles. The molecule has 33 heavy (non-hydrogen) atoms. The fourth-order valence-corrected chi connectivity index (χ4v) is 4.98. The highest BCUT2D eigenvalue weighted by Crippen LogP contribution is 2.38. The third-order valence-electron chi connectivity index (χ3n) is 5.34. The van der Waals surface area contributed by atoms with Crippen LogP contribution in [0, 0.1) is 0 Å². The highest BCUT2D eigenvalue weighted by atomic mass is 32.2. The van der Waals surface area contributed by atoms with E-state index in [1.54, 1.807) is 6.07 Å². The highest BCUT2D eigenvalue weighted by Gasteiger charge is 2.33. The van der Waals surface area contributed by atoms with Crippen LogP contribution in [0.1, 0.15) is 24.8 Å². The number of tetrazole rings is 1. The van der Waals surface area contributed by atoms with E-state index in [0.717, 1.165) is 31.4 Å². The normalized spacial score (nSPS) is 14.8. The number of hydrogen-bond acceptors (Lipinski definition) is 7. The van der Waals surface area contributed by atoms with E-state index in [1.165, 1.54) is 25.3 Å². The van der Waals surface area contributed by atoms with Gasteiger partial charge in [-0.25, -0.2) is 13.5 Å². The van der Waals surface area contributed by atoms with Crippen molar-refractivity contribution in [1.29, 1.82) is 0 Å². The Morgan fingerprint density at radius 1 is 1.09 bits per heavy atom. The number of aromatic nitrogens is 4. The van der Waals surface area contributed by atoms with Crippen LogP contribution in [0.3, 0.4) is 0 Å². The quantitative estimate of drug-likeness (QED) is 0.551. The van der Waals surface area contributed by atoms with E-state index in [0.29, 0.717) is 24.3 Å². The van der Waals surface area contributed by atoms with Crippen molar-refractivity contribution in [1.82, 2.24) is 20.6 Å². The van der Waals surface area contributed by atoms with Gasteiger partial charge >= 0.3 is 6.18 Å². The molecule has 13 heteroatoms. The van der Waals surface area contributed by atoms with Gasteiger partial charge in [-0.1, -0.05) is 0 Å². The molecule has 0 saturated carbocycles. The minimum atomic E-state index is -4.63. The maximum atomic E-state index is 13.4. The number of H-pyrrole nitrogens is 1. The first-order chi connectivity index (χ1) is 15.7. The summed E-state index contributed by atoms with van der Waals surface area (Å²) in [6.07, 6.45) is -1.88. The lowest BCUT2D eigenvalue weighted by atomic mass is 10.1. The largest absolute Gasteiger partial charge is 0.495 e. The third kappa shape index (κ3) is 4.87. The number of anilines is 2. The Hall–Kier alpha value is -3.35. The SMILES string of the molecule is COc1ccc(-c2nnn[nH]2)cc1S(=O)(=O)Nc1cc(C(F)(F)F)ccc1N1CCCCC1. The standard InChI is InChI=1S/C20H21F3N6O3S/c1-32-17-8-5-13(19-24-27-28-25-19)11-18(17)33(30,31)26-15-12-14(20(21,22)23)6-7-16(15)29-9-3-2-4-10-29/h5-8,11-12,26H,2-4,9-10H2,1H3,(H,24,25,27,28). The monoisotopic (exact) mass is 482 g/mol. The summed E-state index contributed by atoms with van der Waals surface area (Å²) in [5.41, 5.74) is -0.350. The van der Waals surface area contributed by atoms with Crippen LogP contribution < -0.4 is 14.4 Å². The van der Waals surface area contributed by atoms with Gasteiger partial charge in [-0.15, -0.1) is 5.10 Å². The molecule has 3 aromatic rings. The number of nitrogens with zero attached hydrogens (tertiary/aromatic N) is 4. The minimum absolute atomic E-state index is 0.0187. The molecule has 2 N–H and O–H groups in total. The molecule has 0 amide bonds. The van der Waals surface area contributed by atoms with Crippen LogP contribution >= 0.6 is 0 Å². The molecule has 2 aromatic carbocycles. The van der Waals surface area contributed by atoms with Crippen molar-refractivity contribution < 1.29 is 26.3 Å². The Morgan fingerprint density at radius 3 is 2.48 bits per heavy atom. The Morgan fingerprint density at radius 2 is 1.85 bits per heavy atom. The van der Waals surface area contributed by atoms with Gasteiger partial charge in [0, 0.05) is 18.7 Å². The smallest absolute Gasteiger partial charge is 0.416 e. The van der Waals surface area contributed by atoms with E-state index in [1.807, 2.05) is 4.90 Å². The highest BCUT2D eigenvalue weighted by molar-refractivity contribution is 7.92. The van der Waals surface area contributed by atoms with Crippen molar-refractivity contribution in [2.24, 2.45) is 0 Å². The Kier molecular flexibility index (Phi) is 6.15. The summed E-state index contributed by atoms with van der Waals surface area (Å²) in [5.74, 6) is 0.243. The molecule has 1 saturated heterocycles. The van der Waals surface area contributed by atoms with Gasteiger partial charge in [0.25, 0.3) is 10.0 Å². The number of alkyl halides is 3. The summed E-state index contributed by atoms with van der Waals surface area (Å²) in [5, 5.41) is 13.2. The topological polar surface area (TPSA) is 113 Å². The molecule has 0 radical (unpaired) electrons. The fourth-order valence-electron chi connectivity index (χ4n) is 3.72. The average Bonchev–Trinajstić information content (AvgIpc) is 3.33. The van der Waals surface area contributed by atoms with Crippen molar-refractivity contribution in [3.05, 3.63) is 42.0 Å². The molecule has 0 aliphatic carbocycles. The molecule has 176 valence electrons. The van der Waals surface area contributed by atoms with Crippen LogP contribution in [-0.4, -0.2) is 49.2 Å². The number of methoxy groups -OCH3 is 1. The van der Waals surface area contributed by atoms with E-state index in [2.05, 4.69) is 25.3 Å². The van der Waals surface area contributed by atoms with Gasteiger partial charge in [0.05, 0.1) is 24.0 Å². The molecule has 9 nitrogen and oxygen atoms in total. The van der Waals surface area contributed by atoms with Crippen LogP contribution in [0.15, 0.2) is 41.3 Å². The third-order valence-corrected chi connectivity index (χ3v) is 6.72. The lowest BCUT2D eigenvalue weighted by Gasteiger charge is -2.31. The number of aromatic amines is 1. The zero-order valence-electron chi connectivity index (χ0n) is 17.6. The van der Waals surface area contributed by atoms with Gasteiger partial charge < -0.3 is 9.64 Å². The number of halogens is 3. The molecule has 0 atom stereocenters. The van der Waals surface area contributed by atoms with E-state index in [9.17, 15) is 21.6 Å². The van der Waals surface area contributed by atoms with Crippen LogP contribution in [-0.2, 0) is 16.2 Å². The number of nitrogens with one attached hydrogen (secondary N) is 2. The van der Waals surface area contributed by atoms with Crippen molar-refractivity contribution >= 4 is 21.4 Å². The first kappa shape index (κ1) is 22.8. The zero-order chi connectivity index (χ0) is 23.6. The molecule has 2 heterocycles. The predicted molar refractivity (Wildman–Crippen MR) is 114 cm³/mol. The zero-order valence-corrected chi connectivity index (χ0v) is 18.4. The molecular formula is C20H21F3N6O3S. The van der Waals surface area contributed by atoms with Gasteiger partial charge in [-0.05, 0) is 66.1 Å². The number of sulfonamides is 1. The van der Waals surface area contributed by atoms with Crippen LogP contribution in [0.4, 0.5) is 24.5 Å². The fraction of sp³-hybridized carbons (Fsp3) is 0.350. The second-order valence-corrected chi connectivity index (χ2v) is 9.15. The summed E-state index contributed by atoms with van der Waals surface area (Å²) in [4.78, 5) is 1.62. The molecule has 1 aromatic heterocycles. The summed E-state index contributed by atoms with van der Waals surface area (Å²) in [7, 11) is -3.05. The number of hydrogen-bond donors (Lipinski definition) is 2. The van der Waals surface area contributed by atoms with Crippen molar-refractivity contribution in [3.63, 3.8) is 0 Å². The summed E-state index contributed by atoms with van der Waals surface area (Å²) >= 11 is 0. The molecule has 0 spiro atoms. The Bertz CT molecular complexity index is 1230. The summed E-state index contributed by atoms with van der Waals surface area (Å²) in [6, 6.07) is 7.35. The molecule has 0 bridgehead atoms. The lowest BCUT2D eigenvalue weighted by molar-refractivity contribution is -0.137. The van der Waals surface area contributed by atoms with Gasteiger partial charge in [-0.2, -0.15) is 13.2 Å². The van der Waals surface area contributed by atoms with Gasteiger partial charge in [0.15, 0.2) is 5.82 Å². The second-order valence-electron chi connectivity index (χ2n) is 7.50. The number of ether oxygens (including phenoxy) is 1. The molecule has 1 fully saturated rings. The van der Waals surface area contributed by atoms with E-state index >= 15 is 0 Å². The Balaban J connectivity index is 1.78. The molecule has 1 aliphatic rings. The predicted octanol–water partition coefficient (Wildman–Crippen LogP) is 3.69. The number of piperidine rings is 1. The number of benzene rings is 2. The van der Waals surface area contributed by atoms with E-state index in [-0.39, 0.29) is 22.2 Å². The second kappa shape index (κ2) is 8.89. The van der Waals surface area contributed by atoms with E-state index < -0.39 is 21.8 Å². The maximum Gasteiger partial charge on any atom is 0.416 e. The van der Waals surface area contributed by atoms with Gasteiger partial charge in [-0.3, -0.25) is 4.72 Å². The average molecular weight is 482 g/mol. The maximum absolute atomic E-state index is 13.4. The Labute approximate surface area is 188 Å². The minimum Gasteiger partial charge on any atom is -0.495 e. The van der Waals surface area contributed by atoms with Crippen molar-refractivity contribution in [3.8, 4) is 17.1 Å². The summed E-state index contributed by atoms with van der Waals surface area (Å²) in [6.45, 7) is 1.24. The number of rotatable bonds is 6. The molecular weight excluding hydrogens is 461 g/mol. The van der Waals surface area contributed by atoms with Crippen molar-refractivity contribution in [2.45, 2.75) is 30.3 Å². The van der Waals surface area contributed by atoms with Crippen LogP contribution in [0.2, 0.25) is 0 Å². The van der Waals surface area contributed by atoms with E-state index in [4.69, 9.17) is 4.74 Å². The van der Waals surface area contributed by atoms with Crippen LogP contribution in [0.25, 0.3) is 11.4 Å². The lowest BCUT2D eigenvalue weighted by Crippen LogP contribution is -2.30. The van der Waals surface area contributed by atoms with Gasteiger partial charge in [0.2, 0.25) is 0 Å². The van der Waals surface area contributed by atoms with Gasteiger partial charge in [0.1, 0.15) is 10.6 Å². The van der Waals surface area contributed by atoms with Crippen molar-refractivity contribution in [2.75, 3.05) is 29.8 Å². The first-order valence-electron chi connectivity index (χ1n) is 10.1. The van der Waals surface area contributed by atoms with Crippen LogP contribution in [0.5, 0.6) is 5.75 Å².